The smallest absolute Gasteiger partial charge is 0.313 e. The lowest BCUT2D eigenvalue weighted by molar-refractivity contribution is -0.383. The summed E-state index contributed by atoms with van der Waals surface area (Å²) in [6, 6.07) is 57.9. The van der Waals surface area contributed by atoms with Crippen molar-refractivity contribution in [2.75, 3.05) is 9.80 Å². The first kappa shape index (κ1) is 43.7. The van der Waals surface area contributed by atoms with E-state index < -0.39 is 0 Å². The zero-order valence-electron chi connectivity index (χ0n) is 40.4. The topological polar surface area (TPSA) is 75.9 Å². The van der Waals surface area contributed by atoms with Crippen molar-refractivity contribution >= 4 is 105 Å². The lowest BCUT2D eigenvalue weighted by atomic mass is 10.0. The Hall–Kier alpha value is -7.90. The van der Waals surface area contributed by atoms with Gasteiger partial charge in [-0.3, -0.25) is 10.1 Å². The van der Waals surface area contributed by atoms with Crippen LogP contribution in [0.1, 0.15) is 101 Å². The van der Waals surface area contributed by atoms with E-state index in [1.165, 1.54) is 22.3 Å². The van der Waals surface area contributed by atoms with E-state index in [0.29, 0.717) is 51.2 Å². The second kappa shape index (κ2) is 17.0. The molecule has 7 nitrogen and oxygen atoms in total. The summed E-state index contributed by atoms with van der Waals surface area (Å²) in [5.41, 5.74) is 13.2. The van der Waals surface area contributed by atoms with Gasteiger partial charge in [0.15, 0.2) is 0 Å². The number of furan rings is 2. The highest BCUT2D eigenvalue weighted by Gasteiger charge is 2.27. The number of hydrogen-bond donors (Lipinski definition) is 0. The van der Waals surface area contributed by atoms with Gasteiger partial charge in [0.05, 0.1) is 10.3 Å². The molecule has 2 heterocycles. The highest BCUT2D eigenvalue weighted by atomic mass is 16.6. The Morgan fingerprint density at radius 2 is 0.725 bits per heavy atom. The third-order valence-corrected chi connectivity index (χ3v) is 14.0. The molecule has 11 aromatic rings. The van der Waals surface area contributed by atoms with Crippen molar-refractivity contribution in [3.63, 3.8) is 0 Å². The minimum atomic E-state index is -0.350. The van der Waals surface area contributed by atoms with Crippen LogP contribution in [0.3, 0.4) is 0 Å². The molecule has 0 bridgehead atoms. The standard InChI is InChI=1S/C62H55N3O4/c1-36(2)40-9-19-48(20-10-40)63(49-21-11-41(12-22-49)37(3)4)52-27-17-44-31-54-55-35-57(65(66)67)62-60(61(55)68-58(54)33-46(44)29-52)56-32-45-18-28-53(30-47(45)34-59(56)69-62)64(50-23-13-42(14-24-50)38(5)6)51-25-15-43(16-26-51)39(7)8/h9-39H,1-8H3. The summed E-state index contributed by atoms with van der Waals surface area (Å²) < 4.78 is 13.3. The van der Waals surface area contributed by atoms with E-state index >= 15 is 0 Å². The monoisotopic (exact) mass is 905 g/mol. The summed E-state index contributed by atoms with van der Waals surface area (Å²) in [5, 5.41) is 19.7. The van der Waals surface area contributed by atoms with E-state index in [1.54, 1.807) is 6.07 Å². The molecule has 2 aromatic heterocycles. The van der Waals surface area contributed by atoms with Crippen LogP contribution in [-0.2, 0) is 0 Å². The fraction of sp³-hybridized carbons (Fsp3) is 0.194. The molecule has 0 fully saturated rings. The minimum absolute atomic E-state index is 0.0972. The van der Waals surface area contributed by atoms with Crippen LogP contribution in [0.5, 0.6) is 0 Å². The zero-order chi connectivity index (χ0) is 47.8. The fourth-order valence-electron chi connectivity index (χ4n) is 9.95. The SMILES string of the molecule is CC(C)c1ccc(N(c2ccc(C(C)C)cc2)c2ccc3cc4c(cc3c2)oc2c4cc([N+](=O)[O-])c3oc4cc5cc(N(c6ccc(C(C)C)cc6)c6ccc(C(C)C)cc6)ccc5cc4c32)cc1. The van der Waals surface area contributed by atoms with Crippen molar-refractivity contribution in [1.29, 1.82) is 0 Å². The Bertz CT molecular complexity index is 3650. The second-order valence-electron chi connectivity index (χ2n) is 19.9. The van der Waals surface area contributed by atoms with E-state index in [2.05, 4.69) is 217 Å². The Labute approximate surface area is 402 Å². The summed E-state index contributed by atoms with van der Waals surface area (Å²) in [6.07, 6.45) is 0. The Kier molecular flexibility index (Phi) is 10.8. The van der Waals surface area contributed by atoms with Crippen LogP contribution >= 0.6 is 0 Å². The number of fused-ring (bicyclic) bond motifs is 9. The molecule has 0 saturated heterocycles. The third-order valence-electron chi connectivity index (χ3n) is 14.0. The number of benzene rings is 9. The molecule has 0 aliphatic heterocycles. The molecule has 0 aliphatic carbocycles. The van der Waals surface area contributed by atoms with Crippen LogP contribution in [-0.4, -0.2) is 4.92 Å². The maximum absolute atomic E-state index is 12.9. The van der Waals surface area contributed by atoms with Gasteiger partial charge >= 0.3 is 5.69 Å². The molecule has 0 N–H and O–H groups in total. The first-order chi connectivity index (χ1) is 33.3. The molecule has 11 rings (SSSR count). The number of nitro benzene ring substituents is 1. The van der Waals surface area contributed by atoms with Crippen molar-refractivity contribution in [2.24, 2.45) is 0 Å². The van der Waals surface area contributed by atoms with Crippen molar-refractivity contribution < 1.29 is 13.8 Å². The molecule has 0 atom stereocenters. The van der Waals surface area contributed by atoms with Gasteiger partial charge in [-0.2, -0.15) is 0 Å². The summed E-state index contributed by atoms with van der Waals surface area (Å²) in [6.45, 7) is 17.7. The van der Waals surface area contributed by atoms with E-state index in [-0.39, 0.29) is 16.2 Å². The van der Waals surface area contributed by atoms with Crippen LogP contribution in [0.25, 0.3) is 65.4 Å². The number of non-ortho nitro benzene ring substituents is 1. The quantitative estimate of drug-likeness (QED) is 0.0951. The number of hydrogen-bond acceptors (Lipinski definition) is 6. The van der Waals surface area contributed by atoms with Gasteiger partial charge in [0.1, 0.15) is 16.7 Å². The van der Waals surface area contributed by atoms with Crippen molar-refractivity contribution in [1.82, 2.24) is 0 Å². The summed E-state index contributed by atoms with van der Waals surface area (Å²) in [5.74, 6) is 1.69. The molecule has 0 radical (unpaired) electrons. The molecule has 0 aliphatic rings. The van der Waals surface area contributed by atoms with Crippen molar-refractivity contribution in [3.8, 4) is 0 Å². The van der Waals surface area contributed by atoms with Crippen LogP contribution < -0.4 is 9.80 Å². The first-order valence-corrected chi connectivity index (χ1v) is 24.2. The summed E-state index contributed by atoms with van der Waals surface area (Å²) in [7, 11) is 0. The zero-order valence-corrected chi connectivity index (χ0v) is 40.4. The second-order valence-corrected chi connectivity index (χ2v) is 19.9. The van der Waals surface area contributed by atoms with Crippen LogP contribution in [0.2, 0.25) is 0 Å². The van der Waals surface area contributed by atoms with Crippen LogP contribution in [0.15, 0.2) is 173 Å². The Morgan fingerprint density at radius 1 is 0.377 bits per heavy atom. The van der Waals surface area contributed by atoms with Gasteiger partial charge in [-0.05, 0) is 165 Å². The fourth-order valence-corrected chi connectivity index (χ4v) is 9.95. The molecule has 0 saturated carbocycles. The van der Waals surface area contributed by atoms with Gasteiger partial charge < -0.3 is 18.6 Å². The van der Waals surface area contributed by atoms with E-state index in [4.69, 9.17) is 8.83 Å². The average molecular weight is 906 g/mol. The molecule has 0 unspecified atom stereocenters. The lowest BCUT2D eigenvalue weighted by Gasteiger charge is -2.26. The minimum Gasteiger partial charge on any atom is -0.455 e. The maximum atomic E-state index is 12.9. The molecule has 9 aromatic carbocycles. The van der Waals surface area contributed by atoms with Crippen LogP contribution in [0.4, 0.5) is 39.8 Å². The Balaban J connectivity index is 1.04. The molecule has 0 amide bonds. The van der Waals surface area contributed by atoms with Gasteiger partial charge in [-0.15, -0.1) is 0 Å². The van der Waals surface area contributed by atoms with Gasteiger partial charge in [-0.25, -0.2) is 0 Å². The predicted molar refractivity (Wildman–Crippen MR) is 288 cm³/mol. The first-order valence-electron chi connectivity index (χ1n) is 24.2. The van der Waals surface area contributed by atoms with Crippen LogP contribution in [0, 0.1) is 10.1 Å². The molecule has 0 spiro atoms. The van der Waals surface area contributed by atoms with Gasteiger partial charge in [0.25, 0.3) is 0 Å². The normalized spacial score (nSPS) is 12.1. The van der Waals surface area contributed by atoms with Crippen molar-refractivity contribution in [2.45, 2.75) is 79.1 Å². The van der Waals surface area contributed by atoms with Crippen molar-refractivity contribution in [3.05, 3.63) is 196 Å². The average Bonchev–Trinajstić information content (AvgIpc) is 3.90. The van der Waals surface area contributed by atoms with E-state index in [9.17, 15) is 10.1 Å². The Morgan fingerprint density at radius 3 is 1.10 bits per heavy atom. The molecule has 69 heavy (non-hydrogen) atoms. The molecular weight excluding hydrogens is 851 g/mol. The molecular formula is C62H55N3O4. The number of nitrogens with zero attached hydrogens (tertiary/aromatic N) is 3. The molecule has 342 valence electrons. The van der Waals surface area contributed by atoms with Gasteiger partial charge in [0, 0.05) is 56.3 Å². The highest BCUT2D eigenvalue weighted by Crippen LogP contribution is 2.47. The van der Waals surface area contributed by atoms with E-state index in [1.807, 2.05) is 6.07 Å². The van der Waals surface area contributed by atoms with Gasteiger partial charge in [0.2, 0.25) is 5.58 Å². The third kappa shape index (κ3) is 7.72. The number of nitro groups is 1. The number of anilines is 6. The van der Waals surface area contributed by atoms with Gasteiger partial charge in [-0.1, -0.05) is 116 Å². The largest absolute Gasteiger partial charge is 0.455 e. The van der Waals surface area contributed by atoms with E-state index in [0.717, 1.165) is 66.4 Å². The summed E-state index contributed by atoms with van der Waals surface area (Å²) in [4.78, 5) is 17.1. The number of rotatable bonds is 11. The lowest BCUT2D eigenvalue weighted by Crippen LogP contribution is -2.10. The predicted octanol–water partition coefficient (Wildman–Crippen LogP) is 19.1. The molecule has 7 heteroatoms. The highest BCUT2D eigenvalue weighted by molar-refractivity contribution is 6.26. The maximum Gasteiger partial charge on any atom is 0.313 e. The summed E-state index contributed by atoms with van der Waals surface area (Å²) >= 11 is 0.